The molecule has 0 saturated carbocycles. The second-order valence-electron chi connectivity index (χ2n) is 5.61. The van der Waals surface area contributed by atoms with Gasteiger partial charge in [-0.3, -0.25) is 19.5 Å². The lowest BCUT2D eigenvalue weighted by Crippen LogP contribution is -2.42. The molecule has 1 atom stereocenters. The molecular weight excluding hydrogens is 392 g/mol. The zero-order valence-electron chi connectivity index (χ0n) is 15.2. The van der Waals surface area contributed by atoms with Crippen molar-refractivity contribution in [1.29, 1.82) is 0 Å². The van der Waals surface area contributed by atoms with Crippen molar-refractivity contribution in [1.82, 2.24) is 20.2 Å². The first-order chi connectivity index (χ1) is 12.9. The van der Waals surface area contributed by atoms with Crippen LogP contribution in [0.15, 0.2) is 28.2 Å². The van der Waals surface area contributed by atoms with Crippen LogP contribution in [0, 0.1) is 0 Å². The highest BCUT2D eigenvalue weighted by Crippen LogP contribution is 2.24. The Kier molecular flexibility index (Phi) is 7.64. The maximum absolute atomic E-state index is 12.8. The number of fused-ring (bicyclic) bond motifs is 1. The number of urea groups is 1. The molecule has 0 fully saturated rings. The molecule has 146 valence electrons. The van der Waals surface area contributed by atoms with Gasteiger partial charge >= 0.3 is 6.03 Å². The van der Waals surface area contributed by atoms with Gasteiger partial charge in [0.15, 0.2) is 5.16 Å². The van der Waals surface area contributed by atoms with Crippen LogP contribution < -0.4 is 16.2 Å². The maximum Gasteiger partial charge on any atom is 0.321 e. The molecule has 0 aliphatic heterocycles. The highest BCUT2D eigenvalue weighted by atomic mass is 35.5. The number of imide groups is 1. The number of nitrogens with zero attached hydrogens (tertiary/aromatic N) is 2. The molecule has 0 aliphatic carbocycles. The van der Waals surface area contributed by atoms with Crippen molar-refractivity contribution in [3.05, 3.63) is 33.6 Å². The molecule has 2 aromatic rings. The van der Waals surface area contributed by atoms with Crippen LogP contribution in [-0.2, 0) is 16.1 Å². The number of carbonyl (C=O) groups excluding carboxylic acids is 2. The average Bonchev–Trinajstić information content (AvgIpc) is 2.61. The first-order valence-corrected chi connectivity index (χ1v) is 9.57. The summed E-state index contributed by atoms with van der Waals surface area (Å²) in [5.74, 6) is -0.482. The summed E-state index contributed by atoms with van der Waals surface area (Å²) >= 11 is 7.09. The number of nitrogens with one attached hydrogen (secondary N) is 2. The van der Waals surface area contributed by atoms with Gasteiger partial charge in [0.05, 0.1) is 29.3 Å². The predicted octanol–water partition coefficient (Wildman–Crippen LogP) is 2.02. The Bertz CT molecular complexity index is 902. The highest BCUT2D eigenvalue weighted by molar-refractivity contribution is 8.00. The monoisotopic (exact) mass is 412 g/mol. The number of ether oxygens (including phenoxy) is 1. The van der Waals surface area contributed by atoms with Crippen molar-refractivity contribution in [2.24, 2.45) is 0 Å². The molecule has 10 heteroatoms. The Morgan fingerprint density at radius 2 is 2.15 bits per heavy atom. The normalized spacial score (nSPS) is 12.0. The minimum atomic E-state index is -0.648. The third-order valence-electron chi connectivity index (χ3n) is 3.63. The molecule has 3 amide bonds. The standard InChI is InChI=1S/C17H21ClN4O4S/c1-4-19-16(25)21-14(23)10(2)27-17-20-13-9-11(18)5-6-12(13)15(24)22(17)7-8-26-3/h5-6,9-10H,4,7-8H2,1-3H3,(H2,19,21,23,25). The van der Waals surface area contributed by atoms with Crippen LogP contribution in [0.2, 0.25) is 5.02 Å². The van der Waals surface area contributed by atoms with Gasteiger partial charge in [-0.15, -0.1) is 0 Å². The summed E-state index contributed by atoms with van der Waals surface area (Å²) in [5, 5.41) is 5.34. The Hall–Kier alpha value is -2.10. The minimum Gasteiger partial charge on any atom is -0.383 e. The largest absolute Gasteiger partial charge is 0.383 e. The Morgan fingerprint density at radius 1 is 1.41 bits per heavy atom. The number of rotatable bonds is 7. The molecule has 8 nitrogen and oxygen atoms in total. The van der Waals surface area contributed by atoms with Crippen LogP contribution in [-0.4, -0.2) is 47.0 Å². The van der Waals surface area contributed by atoms with Crippen molar-refractivity contribution >= 4 is 46.2 Å². The summed E-state index contributed by atoms with van der Waals surface area (Å²) in [6.07, 6.45) is 0. The van der Waals surface area contributed by atoms with Gasteiger partial charge in [-0.25, -0.2) is 9.78 Å². The van der Waals surface area contributed by atoms with Gasteiger partial charge in [0.1, 0.15) is 0 Å². The second-order valence-corrected chi connectivity index (χ2v) is 7.36. The van der Waals surface area contributed by atoms with E-state index in [-0.39, 0.29) is 12.1 Å². The van der Waals surface area contributed by atoms with Crippen molar-refractivity contribution in [2.75, 3.05) is 20.3 Å². The quantitative estimate of drug-likeness (QED) is 0.532. The fraction of sp³-hybridized carbons (Fsp3) is 0.412. The van der Waals surface area contributed by atoms with Crippen LogP contribution in [0.25, 0.3) is 10.9 Å². The average molecular weight is 413 g/mol. The maximum atomic E-state index is 12.8. The molecule has 1 heterocycles. The predicted molar refractivity (Wildman–Crippen MR) is 105 cm³/mol. The van der Waals surface area contributed by atoms with Gasteiger partial charge in [0, 0.05) is 18.7 Å². The number of hydrogen-bond donors (Lipinski definition) is 2. The highest BCUT2D eigenvalue weighted by Gasteiger charge is 2.21. The summed E-state index contributed by atoms with van der Waals surface area (Å²) in [5.41, 5.74) is 0.201. The van der Waals surface area contributed by atoms with E-state index in [2.05, 4.69) is 15.6 Å². The molecule has 0 saturated heterocycles. The number of amides is 3. The van der Waals surface area contributed by atoms with E-state index < -0.39 is 17.2 Å². The van der Waals surface area contributed by atoms with Crippen molar-refractivity contribution in [3.8, 4) is 0 Å². The summed E-state index contributed by atoms with van der Waals surface area (Å²) in [6, 6.07) is 4.28. The van der Waals surface area contributed by atoms with Gasteiger partial charge in [-0.1, -0.05) is 23.4 Å². The van der Waals surface area contributed by atoms with E-state index in [9.17, 15) is 14.4 Å². The number of thioether (sulfide) groups is 1. The van der Waals surface area contributed by atoms with E-state index in [0.29, 0.717) is 34.2 Å². The summed E-state index contributed by atoms with van der Waals surface area (Å²) < 4.78 is 6.53. The molecule has 1 unspecified atom stereocenters. The lowest BCUT2D eigenvalue weighted by atomic mass is 10.2. The summed E-state index contributed by atoms with van der Waals surface area (Å²) in [7, 11) is 1.54. The van der Waals surface area contributed by atoms with E-state index in [1.807, 2.05) is 0 Å². The zero-order chi connectivity index (χ0) is 20.0. The lowest BCUT2D eigenvalue weighted by Gasteiger charge is -2.16. The Balaban J connectivity index is 2.35. The van der Waals surface area contributed by atoms with Gasteiger partial charge in [0.25, 0.3) is 5.56 Å². The molecule has 0 bridgehead atoms. The molecular formula is C17H21ClN4O4S. The van der Waals surface area contributed by atoms with E-state index in [1.54, 1.807) is 32.0 Å². The Labute approximate surface area is 165 Å². The molecule has 0 spiro atoms. The number of carbonyl (C=O) groups is 2. The number of aromatic nitrogens is 2. The van der Waals surface area contributed by atoms with Crippen LogP contribution in [0.1, 0.15) is 13.8 Å². The first-order valence-electron chi connectivity index (χ1n) is 8.31. The number of hydrogen-bond acceptors (Lipinski definition) is 6. The molecule has 1 aromatic carbocycles. The van der Waals surface area contributed by atoms with Crippen LogP contribution in [0.5, 0.6) is 0 Å². The fourth-order valence-corrected chi connectivity index (χ4v) is 3.37. The second kappa shape index (κ2) is 9.72. The van der Waals surface area contributed by atoms with Crippen LogP contribution in [0.3, 0.4) is 0 Å². The van der Waals surface area contributed by atoms with Crippen molar-refractivity contribution < 1.29 is 14.3 Å². The van der Waals surface area contributed by atoms with Gasteiger partial charge in [-0.05, 0) is 32.0 Å². The van der Waals surface area contributed by atoms with E-state index in [0.717, 1.165) is 11.8 Å². The molecule has 27 heavy (non-hydrogen) atoms. The van der Waals surface area contributed by atoms with Gasteiger partial charge in [0.2, 0.25) is 5.91 Å². The SMILES string of the molecule is CCNC(=O)NC(=O)C(C)Sc1nc2cc(Cl)ccc2c(=O)n1CCOC. The molecule has 2 N–H and O–H groups in total. The molecule has 0 radical (unpaired) electrons. The van der Waals surface area contributed by atoms with Crippen LogP contribution in [0.4, 0.5) is 4.79 Å². The number of benzene rings is 1. The van der Waals surface area contributed by atoms with E-state index in [4.69, 9.17) is 16.3 Å². The smallest absolute Gasteiger partial charge is 0.321 e. The fourth-order valence-electron chi connectivity index (χ4n) is 2.27. The third kappa shape index (κ3) is 5.44. The first kappa shape index (κ1) is 21.2. The summed E-state index contributed by atoms with van der Waals surface area (Å²) in [6.45, 7) is 4.39. The number of halogens is 1. The van der Waals surface area contributed by atoms with Gasteiger partial charge in [-0.2, -0.15) is 0 Å². The third-order valence-corrected chi connectivity index (χ3v) is 4.95. The van der Waals surface area contributed by atoms with E-state index >= 15 is 0 Å². The molecule has 0 aliphatic rings. The van der Waals surface area contributed by atoms with Crippen molar-refractivity contribution in [3.63, 3.8) is 0 Å². The number of methoxy groups -OCH3 is 1. The molecule has 1 aromatic heterocycles. The van der Waals surface area contributed by atoms with Gasteiger partial charge < -0.3 is 10.1 Å². The topological polar surface area (TPSA) is 102 Å². The summed E-state index contributed by atoms with van der Waals surface area (Å²) in [4.78, 5) is 41.1. The lowest BCUT2D eigenvalue weighted by molar-refractivity contribution is -0.119. The zero-order valence-corrected chi connectivity index (χ0v) is 16.8. The minimum absolute atomic E-state index is 0.243. The molecule has 2 rings (SSSR count). The van der Waals surface area contributed by atoms with Crippen molar-refractivity contribution in [2.45, 2.75) is 30.8 Å². The van der Waals surface area contributed by atoms with Crippen LogP contribution >= 0.6 is 23.4 Å². The van der Waals surface area contributed by atoms with E-state index in [1.165, 1.54) is 11.7 Å². The Morgan fingerprint density at radius 3 is 2.81 bits per heavy atom.